The number of halogens is 1. The van der Waals surface area contributed by atoms with Crippen molar-refractivity contribution in [2.24, 2.45) is 11.8 Å². The van der Waals surface area contributed by atoms with Gasteiger partial charge in [-0.2, -0.15) is 0 Å². The van der Waals surface area contributed by atoms with Crippen molar-refractivity contribution in [3.63, 3.8) is 0 Å². The average molecular weight is 355 g/mol. The molecule has 3 nitrogen and oxygen atoms in total. The van der Waals surface area contributed by atoms with E-state index < -0.39 is 0 Å². The maximum absolute atomic E-state index is 12.7. The fourth-order valence-electron chi connectivity index (χ4n) is 3.43. The first-order valence-corrected chi connectivity index (χ1v) is 8.87. The first-order chi connectivity index (χ1) is 9.90. The first kappa shape index (κ1) is 16.6. The molecule has 1 saturated carbocycles. The summed E-state index contributed by atoms with van der Waals surface area (Å²) in [6.45, 7) is 8.73. The Morgan fingerprint density at radius 2 is 1.95 bits per heavy atom. The van der Waals surface area contributed by atoms with Gasteiger partial charge in [0.25, 0.3) is 5.91 Å². The second-order valence-electron chi connectivity index (χ2n) is 6.82. The summed E-state index contributed by atoms with van der Waals surface area (Å²) in [4.78, 5) is 12.7. The number of amides is 1. The highest BCUT2D eigenvalue weighted by Gasteiger charge is 2.29. The van der Waals surface area contributed by atoms with Crippen molar-refractivity contribution >= 4 is 21.8 Å². The van der Waals surface area contributed by atoms with Gasteiger partial charge in [0.05, 0.1) is 0 Å². The monoisotopic (exact) mass is 354 g/mol. The highest BCUT2D eigenvalue weighted by Crippen LogP contribution is 2.30. The van der Waals surface area contributed by atoms with Gasteiger partial charge in [-0.1, -0.05) is 26.7 Å². The Morgan fingerprint density at radius 3 is 2.57 bits per heavy atom. The van der Waals surface area contributed by atoms with Crippen molar-refractivity contribution < 1.29 is 4.79 Å². The summed E-state index contributed by atoms with van der Waals surface area (Å²) < 4.78 is 3.00. The SMILES string of the molecule is CC(C)C1CCCCC1NC(=O)c1cc(Br)cn1C(C)C. The molecule has 0 aliphatic heterocycles. The molecule has 4 heteroatoms. The van der Waals surface area contributed by atoms with Gasteiger partial charge in [0, 0.05) is 22.8 Å². The van der Waals surface area contributed by atoms with E-state index in [0.29, 0.717) is 17.9 Å². The highest BCUT2D eigenvalue weighted by atomic mass is 79.9. The average Bonchev–Trinajstić information content (AvgIpc) is 2.81. The number of rotatable bonds is 4. The molecular formula is C17H27BrN2O. The lowest BCUT2D eigenvalue weighted by Crippen LogP contribution is -2.44. The van der Waals surface area contributed by atoms with Crippen LogP contribution in [0.25, 0.3) is 0 Å². The summed E-state index contributed by atoms with van der Waals surface area (Å²) in [5.74, 6) is 1.29. The van der Waals surface area contributed by atoms with E-state index in [1.807, 2.05) is 16.8 Å². The predicted molar refractivity (Wildman–Crippen MR) is 90.6 cm³/mol. The number of aromatic nitrogens is 1. The van der Waals surface area contributed by atoms with E-state index in [0.717, 1.165) is 16.6 Å². The number of hydrogen-bond donors (Lipinski definition) is 1. The van der Waals surface area contributed by atoms with Crippen LogP contribution >= 0.6 is 15.9 Å². The van der Waals surface area contributed by atoms with Crippen LogP contribution in [-0.2, 0) is 0 Å². The van der Waals surface area contributed by atoms with Gasteiger partial charge >= 0.3 is 0 Å². The first-order valence-electron chi connectivity index (χ1n) is 8.08. The highest BCUT2D eigenvalue weighted by molar-refractivity contribution is 9.10. The summed E-state index contributed by atoms with van der Waals surface area (Å²) in [5.41, 5.74) is 0.755. The number of hydrogen-bond acceptors (Lipinski definition) is 1. The Kier molecular flexibility index (Phi) is 5.53. The summed E-state index contributed by atoms with van der Waals surface area (Å²) in [6.07, 6.45) is 6.85. The molecule has 1 aromatic rings. The molecular weight excluding hydrogens is 328 g/mol. The van der Waals surface area contributed by atoms with Crippen molar-refractivity contribution in [3.05, 3.63) is 22.4 Å². The molecule has 0 bridgehead atoms. The Morgan fingerprint density at radius 1 is 1.29 bits per heavy atom. The molecule has 1 aliphatic carbocycles. The number of nitrogens with zero attached hydrogens (tertiary/aromatic N) is 1. The maximum atomic E-state index is 12.7. The molecule has 118 valence electrons. The number of nitrogens with one attached hydrogen (secondary N) is 1. The van der Waals surface area contributed by atoms with Crippen LogP contribution in [0.3, 0.4) is 0 Å². The van der Waals surface area contributed by atoms with E-state index in [-0.39, 0.29) is 11.9 Å². The Balaban J connectivity index is 2.13. The lowest BCUT2D eigenvalue weighted by atomic mass is 9.78. The third-order valence-electron chi connectivity index (χ3n) is 4.60. The quantitative estimate of drug-likeness (QED) is 0.829. The molecule has 1 heterocycles. The minimum absolute atomic E-state index is 0.0620. The van der Waals surface area contributed by atoms with Crippen LogP contribution in [0.2, 0.25) is 0 Å². The van der Waals surface area contributed by atoms with Crippen LogP contribution in [-0.4, -0.2) is 16.5 Å². The van der Waals surface area contributed by atoms with Crippen molar-refractivity contribution in [2.45, 2.75) is 65.5 Å². The van der Waals surface area contributed by atoms with Gasteiger partial charge < -0.3 is 9.88 Å². The zero-order valence-electron chi connectivity index (χ0n) is 13.5. The summed E-state index contributed by atoms with van der Waals surface area (Å²) in [6, 6.07) is 2.52. The Bertz CT molecular complexity index is 493. The van der Waals surface area contributed by atoms with E-state index in [1.165, 1.54) is 19.3 Å². The predicted octanol–water partition coefficient (Wildman–Crippen LogP) is 4.78. The van der Waals surface area contributed by atoms with Crippen LogP contribution in [0.1, 0.15) is 69.9 Å². The largest absolute Gasteiger partial charge is 0.348 e. The molecule has 1 aromatic heterocycles. The van der Waals surface area contributed by atoms with Gasteiger partial charge in [-0.15, -0.1) is 0 Å². The van der Waals surface area contributed by atoms with E-state index in [1.54, 1.807) is 0 Å². The molecule has 2 atom stereocenters. The van der Waals surface area contributed by atoms with Crippen molar-refractivity contribution in [3.8, 4) is 0 Å². The minimum Gasteiger partial charge on any atom is -0.348 e. The molecule has 21 heavy (non-hydrogen) atoms. The second kappa shape index (κ2) is 6.99. The van der Waals surface area contributed by atoms with E-state index >= 15 is 0 Å². The lowest BCUT2D eigenvalue weighted by Gasteiger charge is -2.35. The molecule has 1 N–H and O–H groups in total. The lowest BCUT2D eigenvalue weighted by molar-refractivity contribution is 0.0878. The fourth-order valence-corrected chi connectivity index (χ4v) is 3.87. The third-order valence-corrected chi connectivity index (χ3v) is 5.03. The molecule has 2 unspecified atom stereocenters. The summed E-state index contributed by atoms with van der Waals surface area (Å²) in [5, 5.41) is 3.29. The van der Waals surface area contributed by atoms with Gasteiger partial charge in [-0.3, -0.25) is 4.79 Å². The molecule has 0 spiro atoms. The molecule has 0 aromatic carbocycles. The van der Waals surface area contributed by atoms with Crippen LogP contribution < -0.4 is 5.32 Å². The van der Waals surface area contributed by atoms with Gasteiger partial charge in [-0.05, 0) is 60.5 Å². The van der Waals surface area contributed by atoms with Gasteiger partial charge in [-0.25, -0.2) is 0 Å². The molecule has 0 radical (unpaired) electrons. The topological polar surface area (TPSA) is 34.0 Å². The van der Waals surface area contributed by atoms with E-state index in [9.17, 15) is 4.79 Å². The van der Waals surface area contributed by atoms with Crippen LogP contribution in [0.4, 0.5) is 0 Å². The Hall–Kier alpha value is -0.770. The van der Waals surface area contributed by atoms with Crippen molar-refractivity contribution in [1.82, 2.24) is 9.88 Å². The molecule has 0 saturated heterocycles. The Labute approximate surface area is 136 Å². The van der Waals surface area contributed by atoms with E-state index in [4.69, 9.17) is 0 Å². The molecule has 1 fully saturated rings. The molecule has 1 amide bonds. The van der Waals surface area contributed by atoms with Gasteiger partial charge in [0.1, 0.15) is 5.69 Å². The van der Waals surface area contributed by atoms with Crippen LogP contribution in [0, 0.1) is 11.8 Å². The zero-order valence-corrected chi connectivity index (χ0v) is 15.1. The van der Waals surface area contributed by atoms with Gasteiger partial charge in [0.2, 0.25) is 0 Å². The normalized spacial score (nSPS) is 22.8. The van der Waals surface area contributed by atoms with Crippen LogP contribution in [0.15, 0.2) is 16.7 Å². The van der Waals surface area contributed by atoms with Crippen molar-refractivity contribution in [1.29, 1.82) is 0 Å². The maximum Gasteiger partial charge on any atom is 0.268 e. The minimum atomic E-state index is 0.0620. The van der Waals surface area contributed by atoms with Crippen molar-refractivity contribution in [2.75, 3.05) is 0 Å². The zero-order chi connectivity index (χ0) is 15.6. The summed E-state index contributed by atoms with van der Waals surface area (Å²) >= 11 is 3.48. The smallest absolute Gasteiger partial charge is 0.268 e. The molecule has 1 aliphatic rings. The summed E-state index contributed by atoms with van der Waals surface area (Å²) in [7, 11) is 0. The number of carbonyl (C=O) groups is 1. The standard InChI is InChI=1S/C17H27BrN2O/c1-11(2)14-7-5-6-8-15(14)19-17(21)16-9-13(18)10-20(16)12(3)4/h9-12,14-15H,5-8H2,1-4H3,(H,19,21). The second-order valence-corrected chi connectivity index (χ2v) is 7.73. The third kappa shape index (κ3) is 3.91. The van der Waals surface area contributed by atoms with Gasteiger partial charge in [0.15, 0.2) is 0 Å². The number of carbonyl (C=O) groups excluding carboxylic acids is 1. The van der Waals surface area contributed by atoms with Crippen LogP contribution in [0.5, 0.6) is 0 Å². The molecule has 2 rings (SSSR count). The fraction of sp³-hybridized carbons (Fsp3) is 0.706. The van der Waals surface area contributed by atoms with E-state index in [2.05, 4.69) is 48.9 Å².